The molecule has 1 rings (SSSR count). The number of halogens is 1. The number of aliphatic imine (C=N–C) groups is 1. The maximum Gasteiger partial charge on any atom is 0.186 e. The van der Waals surface area contributed by atoms with Gasteiger partial charge in [-0.15, -0.1) is 0 Å². The minimum Gasteiger partial charge on any atom is -0.370 e. The van der Waals surface area contributed by atoms with Crippen LogP contribution in [0.2, 0.25) is 0 Å². The molecule has 1 aromatic rings. The highest BCUT2D eigenvalue weighted by Crippen LogP contribution is 2.16. The van der Waals surface area contributed by atoms with Gasteiger partial charge in [-0.3, -0.25) is 0 Å². The van der Waals surface area contributed by atoms with E-state index in [4.69, 9.17) is 11.5 Å². The van der Waals surface area contributed by atoms with Crippen molar-refractivity contribution in [1.82, 2.24) is 0 Å². The normalized spacial score (nSPS) is 12.2. The van der Waals surface area contributed by atoms with Gasteiger partial charge in [0.25, 0.3) is 0 Å². The van der Waals surface area contributed by atoms with Crippen LogP contribution in [0.3, 0.4) is 0 Å². The quantitative estimate of drug-likeness (QED) is 0.531. The molecule has 0 radical (unpaired) electrons. The number of nitrogens with zero attached hydrogens (tertiary/aromatic N) is 1. The van der Waals surface area contributed by atoms with Crippen LogP contribution < -0.4 is 11.5 Å². The van der Waals surface area contributed by atoms with Crippen LogP contribution in [0.25, 0.3) is 0 Å². The average Bonchev–Trinajstić information content (AvgIpc) is 2.03. The molecule has 4 N–H and O–H groups in total. The molecule has 13 heavy (non-hydrogen) atoms. The zero-order valence-corrected chi connectivity index (χ0v) is 7.37. The van der Waals surface area contributed by atoms with Gasteiger partial charge in [-0.25, -0.2) is 9.38 Å². The summed E-state index contributed by atoms with van der Waals surface area (Å²) in [6.07, 6.45) is 0. The highest BCUT2D eigenvalue weighted by molar-refractivity contribution is 5.75. The molecule has 3 nitrogen and oxygen atoms in total. The lowest BCUT2D eigenvalue weighted by Gasteiger charge is -2.06. The molecule has 1 unspecified atom stereocenters. The second kappa shape index (κ2) is 3.89. The predicted octanol–water partition coefficient (Wildman–Crippen LogP) is 1.16. The van der Waals surface area contributed by atoms with E-state index in [1.807, 2.05) is 0 Å². The molecule has 0 saturated heterocycles. The minimum absolute atomic E-state index is 0.0109. The van der Waals surface area contributed by atoms with Gasteiger partial charge in [0.1, 0.15) is 5.82 Å². The summed E-state index contributed by atoms with van der Waals surface area (Å²) in [6.45, 7) is 1.80. The average molecular weight is 181 g/mol. The van der Waals surface area contributed by atoms with E-state index < -0.39 is 0 Å². The smallest absolute Gasteiger partial charge is 0.186 e. The van der Waals surface area contributed by atoms with E-state index in [9.17, 15) is 4.39 Å². The summed E-state index contributed by atoms with van der Waals surface area (Å²) >= 11 is 0. The molecular weight excluding hydrogens is 169 g/mol. The van der Waals surface area contributed by atoms with Crippen LogP contribution >= 0.6 is 0 Å². The molecule has 0 bridgehead atoms. The van der Waals surface area contributed by atoms with Crippen molar-refractivity contribution in [3.05, 3.63) is 35.6 Å². The summed E-state index contributed by atoms with van der Waals surface area (Å²) in [5, 5.41) is 0. The van der Waals surface area contributed by atoms with Crippen LogP contribution in [0.4, 0.5) is 4.39 Å². The summed E-state index contributed by atoms with van der Waals surface area (Å²) in [7, 11) is 0. The van der Waals surface area contributed by atoms with Crippen LogP contribution in [0.15, 0.2) is 29.3 Å². The Morgan fingerprint density at radius 2 is 2.15 bits per heavy atom. The van der Waals surface area contributed by atoms with E-state index in [2.05, 4.69) is 4.99 Å². The number of hydrogen-bond acceptors (Lipinski definition) is 1. The van der Waals surface area contributed by atoms with Crippen LogP contribution in [0, 0.1) is 5.82 Å². The van der Waals surface area contributed by atoms with Crippen molar-refractivity contribution in [3.63, 3.8) is 0 Å². The van der Waals surface area contributed by atoms with Gasteiger partial charge in [-0.05, 0) is 24.6 Å². The predicted molar refractivity (Wildman–Crippen MR) is 50.6 cm³/mol. The van der Waals surface area contributed by atoms with Crippen molar-refractivity contribution in [3.8, 4) is 0 Å². The van der Waals surface area contributed by atoms with Crippen LogP contribution in [-0.2, 0) is 0 Å². The molecule has 0 aliphatic rings. The molecule has 0 heterocycles. The molecule has 0 aromatic heterocycles. The van der Waals surface area contributed by atoms with Gasteiger partial charge in [0.15, 0.2) is 5.96 Å². The summed E-state index contributed by atoms with van der Waals surface area (Å²) in [6, 6.07) is 5.99. The summed E-state index contributed by atoms with van der Waals surface area (Å²) in [4.78, 5) is 3.89. The molecule has 0 spiro atoms. The molecule has 0 fully saturated rings. The second-order valence-corrected chi connectivity index (χ2v) is 2.78. The summed E-state index contributed by atoms with van der Waals surface area (Å²) in [5.41, 5.74) is 11.2. The van der Waals surface area contributed by atoms with Gasteiger partial charge in [0.05, 0.1) is 6.04 Å². The molecule has 0 aliphatic heterocycles. The van der Waals surface area contributed by atoms with Gasteiger partial charge >= 0.3 is 0 Å². The maximum atomic E-state index is 12.8. The van der Waals surface area contributed by atoms with Gasteiger partial charge < -0.3 is 11.5 Å². The van der Waals surface area contributed by atoms with Gasteiger partial charge in [0, 0.05) is 0 Å². The Balaban J connectivity index is 2.89. The third-order valence-corrected chi connectivity index (χ3v) is 1.67. The number of guanidine groups is 1. The fourth-order valence-corrected chi connectivity index (χ4v) is 1.06. The lowest BCUT2D eigenvalue weighted by Crippen LogP contribution is -2.23. The first kappa shape index (κ1) is 9.51. The lowest BCUT2D eigenvalue weighted by atomic mass is 10.1. The fraction of sp³-hybridized carbons (Fsp3) is 0.222. The molecule has 1 atom stereocenters. The maximum absolute atomic E-state index is 12.8. The van der Waals surface area contributed by atoms with E-state index in [1.165, 1.54) is 12.1 Å². The Bertz CT molecular complexity index is 318. The van der Waals surface area contributed by atoms with Gasteiger partial charge in [-0.2, -0.15) is 0 Å². The zero-order valence-electron chi connectivity index (χ0n) is 7.37. The molecule has 0 aliphatic carbocycles. The SMILES string of the molecule is CC(N=C(N)N)c1cccc(F)c1. The number of rotatable bonds is 2. The molecule has 0 saturated carbocycles. The fourth-order valence-electron chi connectivity index (χ4n) is 1.06. The van der Waals surface area contributed by atoms with Crippen molar-refractivity contribution < 1.29 is 4.39 Å². The Morgan fingerprint density at radius 3 is 2.69 bits per heavy atom. The van der Waals surface area contributed by atoms with Crippen molar-refractivity contribution in [2.45, 2.75) is 13.0 Å². The van der Waals surface area contributed by atoms with Gasteiger partial charge in [-0.1, -0.05) is 12.1 Å². The molecule has 0 amide bonds. The van der Waals surface area contributed by atoms with E-state index in [1.54, 1.807) is 19.1 Å². The lowest BCUT2D eigenvalue weighted by molar-refractivity contribution is 0.622. The number of benzene rings is 1. The minimum atomic E-state index is -0.282. The summed E-state index contributed by atoms with van der Waals surface area (Å²) in [5.74, 6) is -0.271. The third kappa shape index (κ3) is 2.74. The first-order chi connectivity index (χ1) is 6.09. The van der Waals surface area contributed by atoms with Crippen LogP contribution in [0.1, 0.15) is 18.5 Å². The monoisotopic (exact) mass is 181 g/mol. The summed E-state index contributed by atoms with van der Waals surface area (Å²) < 4.78 is 12.8. The standard InChI is InChI=1S/C9H12FN3/c1-6(13-9(11)12)7-3-2-4-8(10)5-7/h2-6H,1H3,(H4,11,12,13). The van der Waals surface area contributed by atoms with Crippen molar-refractivity contribution in [2.24, 2.45) is 16.5 Å². The molecular formula is C9H12FN3. The van der Waals surface area contributed by atoms with Crippen molar-refractivity contribution in [2.75, 3.05) is 0 Å². The Kier molecular flexibility index (Phi) is 2.84. The van der Waals surface area contributed by atoms with Crippen molar-refractivity contribution in [1.29, 1.82) is 0 Å². The first-order valence-electron chi connectivity index (χ1n) is 3.94. The largest absolute Gasteiger partial charge is 0.370 e. The molecule has 1 aromatic carbocycles. The zero-order chi connectivity index (χ0) is 9.84. The van der Waals surface area contributed by atoms with Crippen LogP contribution in [-0.4, -0.2) is 5.96 Å². The number of hydrogen-bond donors (Lipinski definition) is 2. The second-order valence-electron chi connectivity index (χ2n) is 2.78. The first-order valence-corrected chi connectivity index (χ1v) is 3.94. The van der Waals surface area contributed by atoms with Gasteiger partial charge in [0.2, 0.25) is 0 Å². The Labute approximate surface area is 76.3 Å². The molecule has 4 heteroatoms. The topological polar surface area (TPSA) is 64.4 Å². The highest BCUT2D eigenvalue weighted by atomic mass is 19.1. The van der Waals surface area contributed by atoms with E-state index >= 15 is 0 Å². The third-order valence-electron chi connectivity index (χ3n) is 1.67. The Morgan fingerprint density at radius 1 is 1.46 bits per heavy atom. The van der Waals surface area contributed by atoms with E-state index in [0.29, 0.717) is 0 Å². The van der Waals surface area contributed by atoms with Crippen LogP contribution in [0.5, 0.6) is 0 Å². The number of nitrogens with two attached hydrogens (primary N) is 2. The Hall–Kier alpha value is -1.58. The van der Waals surface area contributed by atoms with Crippen molar-refractivity contribution >= 4 is 5.96 Å². The highest BCUT2D eigenvalue weighted by Gasteiger charge is 2.03. The molecule has 70 valence electrons. The van der Waals surface area contributed by atoms with E-state index in [0.717, 1.165) is 5.56 Å². The van der Waals surface area contributed by atoms with E-state index in [-0.39, 0.29) is 17.8 Å².